The summed E-state index contributed by atoms with van der Waals surface area (Å²) in [5.41, 5.74) is 0. The summed E-state index contributed by atoms with van der Waals surface area (Å²) in [4.78, 5) is 0. The van der Waals surface area contributed by atoms with Crippen LogP contribution >= 0.6 is 0 Å². The summed E-state index contributed by atoms with van der Waals surface area (Å²) in [7, 11) is 0. The standard InChI is InChI=1S/C6H12O2.C3H8/c1-2-3-6-7-4-5-8-6;1-3-2/h6H,2-5H2,1H3;3H2,1-2H3. The van der Waals surface area contributed by atoms with Crippen LogP contribution in [-0.4, -0.2) is 19.5 Å². The van der Waals surface area contributed by atoms with Gasteiger partial charge in [-0.05, 0) is 6.42 Å². The fraction of sp³-hybridized carbons (Fsp3) is 1.00. The van der Waals surface area contributed by atoms with Crippen molar-refractivity contribution in [2.45, 2.75) is 46.3 Å². The summed E-state index contributed by atoms with van der Waals surface area (Å²) in [5.74, 6) is 0. The van der Waals surface area contributed by atoms with Crippen LogP contribution in [0.15, 0.2) is 0 Å². The minimum atomic E-state index is 0.111. The zero-order chi connectivity index (χ0) is 8.53. The van der Waals surface area contributed by atoms with Crippen LogP contribution in [0.1, 0.15) is 40.0 Å². The number of hydrogen-bond donors (Lipinski definition) is 0. The molecule has 1 saturated heterocycles. The van der Waals surface area contributed by atoms with E-state index in [4.69, 9.17) is 9.47 Å². The van der Waals surface area contributed by atoms with Crippen LogP contribution in [0, 0.1) is 0 Å². The molecule has 0 amide bonds. The van der Waals surface area contributed by atoms with Crippen LogP contribution in [0.4, 0.5) is 0 Å². The summed E-state index contributed by atoms with van der Waals surface area (Å²) in [6.45, 7) is 7.94. The molecule has 1 aliphatic heterocycles. The van der Waals surface area contributed by atoms with Crippen molar-refractivity contribution < 1.29 is 9.47 Å². The number of rotatable bonds is 2. The Labute approximate surface area is 69.9 Å². The first-order chi connectivity index (χ1) is 5.35. The molecule has 0 atom stereocenters. The third kappa shape index (κ3) is 6.32. The van der Waals surface area contributed by atoms with Crippen molar-refractivity contribution in [1.82, 2.24) is 0 Å². The molecular weight excluding hydrogens is 140 g/mol. The van der Waals surface area contributed by atoms with Gasteiger partial charge in [0.25, 0.3) is 0 Å². The molecule has 0 aliphatic carbocycles. The molecule has 1 aliphatic rings. The van der Waals surface area contributed by atoms with E-state index in [-0.39, 0.29) is 6.29 Å². The summed E-state index contributed by atoms with van der Waals surface area (Å²) >= 11 is 0. The monoisotopic (exact) mass is 160 g/mol. The Kier molecular flexibility index (Phi) is 7.96. The van der Waals surface area contributed by atoms with Crippen LogP contribution < -0.4 is 0 Å². The van der Waals surface area contributed by atoms with Crippen molar-refractivity contribution in [2.75, 3.05) is 13.2 Å². The summed E-state index contributed by atoms with van der Waals surface area (Å²) in [6, 6.07) is 0. The SMILES string of the molecule is CCC.CCCC1OCCO1. The fourth-order valence-electron chi connectivity index (χ4n) is 0.810. The van der Waals surface area contributed by atoms with Crippen LogP contribution in [0.3, 0.4) is 0 Å². The van der Waals surface area contributed by atoms with Crippen molar-refractivity contribution in [3.8, 4) is 0 Å². The Morgan fingerprint density at radius 3 is 1.91 bits per heavy atom. The number of hydrogen-bond acceptors (Lipinski definition) is 2. The van der Waals surface area contributed by atoms with Gasteiger partial charge in [0.2, 0.25) is 0 Å². The molecule has 0 aromatic heterocycles. The lowest BCUT2D eigenvalue weighted by atomic mass is 10.3. The first-order valence-corrected chi connectivity index (χ1v) is 4.58. The molecule has 0 N–H and O–H groups in total. The molecule has 68 valence electrons. The molecule has 11 heavy (non-hydrogen) atoms. The van der Waals surface area contributed by atoms with E-state index in [1.165, 1.54) is 6.42 Å². The molecule has 1 heterocycles. The van der Waals surface area contributed by atoms with Gasteiger partial charge in [0.05, 0.1) is 13.2 Å². The second-order valence-corrected chi connectivity index (χ2v) is 2.67. The quantitative estimate of drug-likeness (QED) is 0.618. The predicted molar refractivity (Wildman–Crippen MR) is 46.6 cm³/mol. The average Bonchev–Trinajstić information content (AvgIpc) is 2.42. The maximum absolute atomic E-state index is 5.17. The van der Waals surface area contributed by atoms with E-state index in [9.17, 15) is 0 Å². The van der Waals surface area contributed by atoms with Gasteiger partial charge in [0.1, 0.15) is 0 Å². The van der Waals surface area contributed by atoms with E-state index >= 15 is 0 Å². The Balaban J connectivity index is 0.000000292. The van der Waals surface area contributed by atoms with Gasteiger partial charge in [-0.1, -0.05) is 33.6 Å². The van der Waals surface area contributed by atoms with Crippen molar-refractivity contribution in [3.63, 3.8) is 0 Å². The largest absolute Gasteiger partial charge is 0.350 e. The van der Waals surface area contributed by atoms with Crippen LogP contribution in [-0.2, 0) is 9.47 Å². The van der Waals surface area contributed by atoms with Gasteiger partial charge >= 0.3 is 0 Å². The van der Waals surface area contributed by atoms with Crippen molar-refractivity contribution in [1.29, 1.82) is 0 Å². The molecule has 0 aromatic carbocycles. The molecule has 2 nitrogen and oxygen atoms in total. The Morgan fingerprint density at radius 2 is 1.55 bits per heavy atom. The van der Waals surface area contributed by atoms with Gasteiger partial charge in [0.15, 0.2) is 6.29 Å². The maximum atomic E-state index is 5.17. The highest BCUT2D eigenvalue weighted by Gasteiger charge is 2.13. The van der Waals surface area contributed by atoms with E-state index in [1.807, 2.05) is 0 Å². The second-order valence-electron chi connectivity index (χ2n) is 2.67. The summed E-state index contributed by atoms with van der Waals surface area (Å²) in [6.07, 6.45) is 3.55. The highest BCUT2D eigenvalue weighted by molar-refractivity contribution is 4.49. The Hall–Kier alpha value is -0.0800. The minimum Gasteiger partial charge on any atom is -0.350 e. The van der Waals surface area contributed by atoms with E-state index in [0.717, 1.165) is 26.1 Å². The van der Waals surface area contributed by atoms with E-state index < -0.39 is 0 Å². The molecule has 1 fully saturated rings. The predicted octanol–water partition coefficient (Wildman–Crippen LogP) is 2.58. The third-order valence-corrected chi connectivity index (χ3v) is 1.22. The van der Waals surface area contributed by atoms with E-state index in [2.05, 4.69) is 20.8 Å². The molecule has 0 spiro atoms. The van der Waals surface area contributed by atoms with E-state index in [1.54, 1.807) is 0 Å². The normalized spacial score (nSPS) is 17.7. The van der Waals surface area contributed by atoms with Crippen molar-refractivity contribution in [3.05, 3.63) is 0 Å². The lowest BCUT2D eigenvalue weighted by molar-refractivity contribution is -0.0468. The molecule has 1 rings (SSSR count). The molecule has 0 aromatic rings. The average molecular weight is 160 g/mol. The number of ether oxygens (including phenoxy) is 2. The Bertz CT molecular complexity index is 68.0. The van der Waals surface area contributed by atoms with Gasteiger partial charge in [-0.25, -0.2) is 0 Å². The maximum Gasteiger partial charge on any atom is 0.157 e. The van der Waals surface area contributed by atoms with Crippen LogP contribution in [0.2, 0.25) is 0 Å². The van der Waals surface area contributed by atoms with Gasteiger partial charge in [-0.2, -0.15) is 0 Å². The second kappa shape index (κ2) is 8.02. The molecule has 0 saturated carbocycles. The van der Waals surface area contributed by atoms with Gasteiger partial charge < -0.3 is 9.47 Å². The molecule has 0 radical (unpaired) electrons. The highest BCUT2D eigenvalue weighted by Crippen LogP contribution is 2.08. The summed E-state index contributed by atoms with van der Waals surface area (Å²) < 4.78 is 10.3. The zero-order valence-corrected chi connectivity index (χ0v) is 7.93. The summed E-state index contributed by atoms with van der Waals surface area (Å²) in [5, 5.41) is 0. The first kappa shape index (κ1) is 10.9. The Morgan fingerprint density at radius 1 is 1.09 bits per heavy atom. The fourth-order valence-corrected chi connectivity index (χ4v) is 0.810. The molecule has 2 heteroatoms. The zero-order valence-electron chi connectivity index (χ0n) is 7.93. The first-order valence-electron chi connectivity index (χ1n) is 4.58. The van der Waals surface area contributed by atoms with Gasteiger partial charge in [0, 0.05) is 0 Å². The molecular formula is C9H20O2. The third-order valence-electron chi connectivity index (χ3n) is 1.22. The van der Waals surface area contributed by atoms with Crippen molar-refractivity contribution in [2.24, 2.45) is 0 Å². The molecule has 0 bridgehead atoms. The lowest BCUT2D eigenvalue weighted by Crippen LogP contribution is -2.05. The van der Waals surface area contributed by atoms with Gasteiger partial charge in [-0.3, -0.25) is 0 Å². The van der Waals surface area contributed by atoms with E-state index in [0.29, 0.717) is 0 Å². The molecule has 0 unspecified atom stereocenters. The van der Waals surface area contributed by atoms with Crippen LogP contribution in [0.25, 0.3) is 0 Å². The minimum absolute atomic E-state index is 0.111. The highest BCUT2D eigenvalue weighted by atomic mass is 16.7. The van der Waals surface area contributed by atoms with Crippen LogP contribution in [0.5, 0.6) is 0 Å². The lowest BCUT2D eigenvalue weighted by Gasteiger charge is -2.04. The topological polar surface area (TPSA) is 18.5 Å². The smallest absolute Gasteiger partial charge is 0.157 e. The van der Waals surface area contributed by atoms with Gasteiger partial charge in [-0.15, -0.1) is 0 Å². The van der Waals surface area contributed by atoms with Crippen molar-refractivity contribution >= 4 is 0 Å².